The number of halogens is 3. The number of nitrogens with zero attached hydrogens (tertiary/aromatic N) is 4. The van der Waals surface area contributed by atoms with Crippen molar-refractivity contribution in [2.24, 2.45) is 0 Å². The van der Waals surface area contributed by atoms with E-state index in [9.17, 15) is 26.4 Å². The van der Waals surface area contributed by atoms with Crippen LogP contribution in [0.25, 0.3) is 5.82 Å². The number of rotatable bonds is 6. The van der Waals surface area contributed by atoms with Gasteiger partial charge in [-0.05, 0) is 49.2 Å². The lowest BCUT2D eigenvalue weighted by Crippen LogP contribution is -2.18. The van der Waals surface area contributed by atoms with E-state index in [-0.39, 0.29) is 22.5 Å². The van der Waals surface area contributed by atoms with Gasteiger partial charge in [0.05, 0.1) is 11.1 Å². The molecule has 0 spiro atoms. The van der Waals surface area contributed by atoms with Crippen LogP contribution in [0.3, 0.4) is 0 Å². The van der Waals surface area contributed by atoms with Crippen LogP contribution in [0.1, 0.15) is 36.3 Å². The van der Waals surface area contributed by atoms with Crippen LogP contribution >= 0.6 is 0 Å². The summed E-state index contributed by atoms with van der Waals surface area (Å²) in [6.45, 7) is 0. The largest absolute Gasteiger partial charge is 0.421 e. The van der Waals surface area contributed by atoms with Crippen LogP contribution in [0, 0.1) is 0 Å². The first-order valence-corrected chi connectivity index (χ1v) is 11.4. The molecule has 4 rings (SSSR count). The van der Waals surface area contributed by atoms with E-state index in [1.165, 1.54) is 43.7 Å². The molecule has 1 fully saturated rings. The summed E-state index contributed by atoms with van der Waals surface area (Å²) in [7, 11) is -2.35. The molecule has 9 nitrogen and oxygen atoms in total. The topological polar surface area (TPSA) is 119 Å². The third-order valence-corrected chi connectivity index (χ3v) is 6.73. The van der Waals surface area contributed by atoms with E-state index >= 15 is 0 Å². The summed E-state index contributed by atoms with van der Waals surface area (Å²) < 4.78 is 67.6. The van der Waals surface area contributed by atoms with E-state index in [0.29, 0.717) is 36.7 Å². The van der Waals surface area contributed by atoms with Crippen LogP contribution < -0.4 is 10.0 Å². The van der Waals surface area contributed by atoms with Crippen LogP contribution in [0.5, 0.6) is 0 Å². The molecule has 0 amide bonds. The molecule has 1 aliphatic carbocycles. The molecule has 13 heteroatoms. The van der Waals surface area contributed by atoms with Gasteiger partial charge in [0.25, 0.3) is 0 Å². The number of hydrogen-bond acceptors (Lipinski definition) is 7. The maximum atomic E-state index is 13.6. The van der Waals surface area contributed by atoms with E-state index in [4.69, 9.17) is 0 Å². The summed E-state index contributed by atoms with van der Waals surface area (Å²) in [4.78, 5) is 19.3. The second kappa shape index (κ2) is 8.56. The van der Waals surface area contributed by atoms with Crippen LogP contribution in [0.4, 0.5) is 24.8 Å². The van der Waals surface area contributed by atoms with Crippen molar-refractivity contribution >= 4 is 27.4 Å². The number of aromatic nitrogens is 4. The molecule has 0 aliphatic heterocycles. The van der Waals surface area contributed by atoms with Gasteiger partial charge in [-0.3, -0.25) is 4.79 Å². The highest BCUT2D eigenvalue weighted by Crippen LogP contribution is 2.35. The Hall–Kier alpha value is -3.32. The van der Waals surface area contributed by atoms with Gasteiger partial charge in [0.1, 0.15) is 11.3 Å². The lowest BCUT2D eigenvalue weighted by molar-refractivity contribution is -0.138. The second-order valence-electron chi connectivity index (χ2n) is 7.48. The summed E-state index contributed by atoms with van der Waals surface area (Å²) in [5.74, 6) is -0.557. The molecule has 3 aromatic rings. The average Bonchev–Trinajstić information content (AvgIpc) is 3.42. The highest BCUT2D eigenvalue weighted by molar-refractivity contribution is 7.89. The summed E-state index contributed by atoms with van der Waals surface area (Å²) in [6, 6.07) is 5.55. The summed E-state index contributed by atoms with van der Waals surface area (Å²) in [6.07, 6.45) is 0.249. The van der Waals surface area contributed by atoms with Crippen molar-refractivity contribution in [3.8, 4) is 5.82 Å². The molecular weight excluding hydrogens is 461 g/mol. The molecule has 2 aromatic heterocycles. The molecular formula is C20H19F3N6O3S. The predicted molar refractivity (Wildman–Crippen MR) is 112 cm³/mol. The molecule has 1 aromatic carbocycles. The zero-order chi connectivity index (χ0) is 23.8. The fourth-order valence-corrected chi connectivity index (χ4v) is 4.26. The number of carbonyl (C=O) groups excluding carboxylic acids is 1. The Bertz CT molecular complexity index is 1290. The van der Waals surface area contributed by atoms with Gasteiger partial charge in [0.15, 0.2) is 5.82 Å². The lowest BCUT2D eigenvalue weighted by Gasteiger charge is -2.13. The number of benzene rings is 1. The van der Waals surface area contributed by atoms with Crippen LogP contribution in [-0.4, -0.2) is 41.0 Å². The Morgan fingerprint density at radius 2 is 1.88 bits per heavy atom. The van der Waals surface area contributed by atoms with Crippen LogP contribution in [0.15, 0.2) is 47.8 Å². The number of hydrogen-bond donors (Lipinski definition) is 2. The quantitative estimate of drug-likeness (QED) is 0.556. The maximum Gasteiger partial charge on any atom is 0.421 e. The Kier molecular flexibility index (Phi) is 5.93. The number of anilines is 2. The second-order valence-corrected chi connectivity index (χ2v) is 9.37. The Labute approximate surface area is 187 Å². The fourth-order valence-electron chi connectivity index (χ4n) is 3.53. The molecule has 0 bridgehead atoms. The van der Waals surface area contributed by atoms with Gasteiger partial charge in [0.2, 0.25) is 16.0 Å². The van der Waals surface area contributed by atoms with Crippen molar-refractivity contribution in [2.45, 2.75) is 36.3 Å². The molecule has 33 heavy (non-hydrogen) atoms. The number of alkyl halides is 3. The highest BCUT2D eigenvalue weighted by atomic mass is 32.2. The van der Waals surface area contributed by atoms with E-state index in [1.807, 2.05) is 0 Å². The van der Waals surface area contributed by atoms with Gasteiger partial charge in [0, 0.05) is 30.9 Å². The minimum absolute atomic E-state index is 0.0269. The van der Waals surface area contributed by atoms with Crippen molar-refractivity contribution in [3.05, 3.63) is 54.0 Å². The monoisotopic (exact) mass is 480 g/mol. The van der Waals surface area contributed by atoms with Gasteiger partial charge in [-0.25, -0.2) is 22.8 Å². The Morgan fingerprint density at radius 3 is 2.48 bits per heavy atom. The number of carbonyl (C=O) groups is 1. The molecule has 1 saturated carbocycles. The first-order valence-electron chi connectivity index (χ1n) is 9.88. The minimum Gasteiger partial charge on any atom is -0.324 e. The third kappa shape index (κ3) is 4.88. The molecule has 174 valence electrons. The maximum absolute atomic E-state index is 13.6. The number of sulfonamides is 1. The van der Waals surface area contributed by atoms with Gasteiger partial charge in [-0.15, -0.1) is 0 Å². The molecule has 1 aliphatic rings. The first kappa shape index (κ1) is 22.9. The van der Waals surface area contributed by atoms with Crippen molar-refractivity contribution in [1.82, 2.24) is 24.5 Å². The van der Waals surface area contributed by atoms with E-state index in [2.05, 4.69) is 25.1 Å². The molecule has 0 saturated heterocycles. The summed E-state index contributed by atoms with van der Waals surface area (Å²) in [5.41, 5.74) is -0.0227. The zero-order valence-corrected chi connectivity index (χ0v) is 18.1. The van der Waals surface area contributed by atoms with E-state index in [0.717, 1.165) is 4.68 Å². The lowest BCUT2D eigenvalue weighted by atomic mass is 10.0. The molecule has 1 unspecified atom stereocenters. The van der Waals surface area contributed by atoms with Crippen molar-refractivity contribution < 1.29 is 26.4 Å². The van der Waals surface area contributed by atoms with Crippen LogP contribution in [0.2, 0.25) is 0 Å². The summed E-state index contributed by atoms with van der Waals surface area (Å²) >= 11 is 0. The first-order chi connectivity index (χ1) is 15.6. The molecule has 2 heterocycles. The number of nitrogens with one attached hydrogen (secondary N) is 2. The van der Waals surface area contributed by atoms with Crippen molar-refractivity contribution in [3.63, 3.8) is 0 Å². The summed E-state index contributed by atoms with van der Waals surface area (Å²) in [5, 5.41) is 6.81. The number of ketones is 1. The number of Topliss-reactive ketones (excluding diaryl/α,β-unsaturated/α-hetero) is 1. The SMILES string of the molecule is CNS(=O)(=O)c1ccc(Nc2ncc(C(F)(F)F)c(-n3cc(C4CCC(=O)C4)cn3)n2)cc1. The van der Waals surface area contributed by atoms with Crippen LogP contribution in [-0.2, 0) is 21.0 Å². The van der Waals surface area contributed by atoms with E-state index in [1.54, 1.807) is 0 Å². The standard InChI is InChI=1S/C20H19F3N6O3S/c1-24-33(31,32)16-6-3-14(4-7-16)27-19-25-10-17(20(21,22)23)18(28-19)29-11-13(9-26-29)12-2-5-15(30)8-12/h3-4,6-7,9-12,24H,2,5,8H2,1H3,(H,25,27,28). The fraction of sp³-hybridized carbons (Fsp3) is 0.300. The predicted octanol–water partition coefficient (Wildman–Crippen LogP) is 3.17. The normalized spacial score (nSPS) is 16.8. The smallest absolute Gasteiger partial charge is 0.324 e. The Balaban J connectivity index is 1.65. The average molecular weight is 480 g/mol. The molecule has 1 atom stereocenters. The zero-order valence-electron chi connectivity index (χ0n) is 17.3. The van der Waals surface area contributed by atoms with Gasteiger partial charge in [-0.1, -0.05) is 0 Å². The van der Waals surface area contributed by atoms with Gasteiger partial charge >= 0.3 is 6.18 Å². The van der Waals surface area contributed by atoms with Crippen molar-refractivity contribution in [1.29, 1.82) is 0 Å². The van der Waals surface area contributed by atoms with Gasteiger partial charge < -0.3 is 5.32 Å². The highest BCUT2D eigenvalue weighted by Gasteiger charge is 2.36. The molecule has 0 radical (unpaired) electrons. The minimum atomic E-state index is -4.72. The van der Waals surface area contributed by atoms with Gasteiger partial charge in [-0.2, -0.15) is 23.3 Å². The third-order valence-electron chi connectivity index (χ3n) is 5.30. The molecule has 2 N–H and O–H groups in total. The Morgan fingerprint density at radius 1 is 1.15 bits per heavy atom. The van der Waals surface area contributed by atoms with Crippen molar-refractivity contribution in [2.75, 3.05) is 12.4 Å². The van der Waals surface area contributed by atoms with E-state index < -0.39 is 27.6 Å².